The second-order valence-electron chi connectivity index (χ2n) is 5.44. The summed E-state index contributed by atoms with van der Waals surface area (Å²) in [5.74, 6) is -0.392. The SMILES string of the molecule is C[C@@H]1O[C@@H]2CCN(S(=O)(=O)c3ccc([N+](=O)[O-])cc3)[C@H]1C(=O)N2. The zero-order valence-electron chi connectivity index (χ0n) is 12.2. The number of ether oxygens (including phenoxy) is 1. The summed E-state index contributed by atoms with van der Waals surface area (Å²) >= 11 is 0. The van der Waals surface area contributed by atoms with E-state index < -0.39 is 39.2 Å². The van der Waals surface area contributed by atoms with Crippen LogP contribution in [0.15, 0.2) is 29.2 Å². The predicted molar refractivity (Wildman–Crippen MR) is 77.9 cm³/mol. The van der Waals surface area contributed by atoms with Crippen LogP contribution in [-0.4, -0.2) is 48.5 Å². The van der Waals surface area contributed by atoms with E-state index in [4.69, 9.17) is 4.74 Å². The van der Waals surface area contributed by atoms with Crippen molar-refractivity contribution in [2.75, 3.05) is 6.54 Å². The Labute approximate surface area is 132 Å². The van der Waals surface area contributed by atoms with Gasteiger partial charge in [-0.2, -0.15) is 4.31 Å². The zero-order chi connectivity index (χ0) is 16.8. The third-order valence-electron chi connectivity index (χ3n) is 3.97. The summed E-state index contributed by atoms with van der Waals surface area (Å²) in [6, 6.07) is 3.65. The lowest BCUT2D eigenvalue weighted by Crippen LogP contribution is -2.58. The molecule has 10 heteroatoms. The van der Waals surface area contributed by atoms with Gasteiger partial charge in [0, 0.05) is 25.1 Å². The van der Waals surface area contributed by atoms with Crippen molar-refractivity contribution in [3.05, 3.63) is 34.4 Å². The van der Waals surface area contributed by atoms with Crippen LogP contribution in [-0.2, 0) is 19.6 Å². The molecule has 3 fully saturated rings. The van der Waals surface area contributed by atoms with Crippen molar-refractivity contribution >= 4 is 21.6 Å². The highest BCUT2D eigenvalue weighted by atomic mass is 32.2. The summed E-state index contributed by atoms with van der Waals surface area (Å²) in [6.07, 6.45) is -0.714. The van der Waals surface area contributed by atoms with Crippen LogP contribution in [0.2, 0.25) is 0 Å². The minimum Gasteiger partial charge on any atom is -0.353 e. The topological polar surface area (TPSA) is 119 Å². The van der Waals surface area contributed by atoms with Crippen molar-refractivity contribution in [1.82, 2.24) is 9.62 Å². The maximum absolute atomic E-state index is 12.8. The first-order valence-corrected chi connectivity index (χ1v) is 8.47. The van der Waals surface area contributed by atoms with Crippen molar-refractivity contribution in [3.63, 3.8) is 0 Å². The van der Waals surface area contributed by atoms with Crippen LogP contribution in [0.5, 0.6) is 0 Å². The number of carbonyl (C=O) groups excluding carboxylic acids is 1. The van der Waals surface area contributed by atoms with E-state index in [9.17, 15) is 23.3 Å². The Kier molecular flexibility index (Phi) is 3.82. The molecule has 3 heterocycles. The molecule has 1 amide bonds. The van der Waals surface area contributed by atoms with Gasteiger partial charge in [-0.3, -0.25) is 14.9 Å². The Balaban J connectivity index is 1.98. The number of nitrogens with zero attached hydrogens (tertiary/aromatic N) is 2. The van der Waals surface area contributed by atoms with Crippen LogP contribution in [0, 0.1) is 10.1 Å². The maximum atomic E-state index is 12.8. The van der Waals surface area contributed by atoms with E-state index in [2.05, 4.69) is 5.32 Å². The average molecular weight is 341 g/mol. The van der Waals surface area contributed by atoms with Crippen LogP contribution in [0.25, 0.3) is 0 Å². The highest BCUT2D eigenvalue weighted by Gasteiger charge is 2.47. The summed E-state index contributed by atoms with van der Waals surface area (Å²) in [6.45, 7) is 1.79. The first-order valence-electron chi connectivity index (χ1n) is 7.03. The van der Waals surface area contributed by atoms with Gasteiger partial charge in [0.1, 0.15) is 12.3 Å². The van der Waals surface area contributed by atoms with Gasteiger partial charge in [-0.15, -0.1) is 0 Å². The first kappa shape index (κ1) is 15.8. The molecule has 1 aromatic rings. The molecule has 3 aliphatic heterocycles. The molecule has 0 saturated carbocycles. The smallest absolute Gasteiger partial charge is 0.269 e. The van der Waals surface area contributed by atoms with E-state index in [1.165, 1.54) is 12.1 Å². The molecule has 4 rings (SSSR count). The lowest BCUT2D eigenvalue weighted by Gasteiger charge is -2.34. The summed E-state index contributed by atoms with van der Waals surface area (Å²) in [7, 11) is -3.96. The number of amides is 1. The van der Waals surface area contributed by atoms with Gasteiger partial charge in [-0.05, 0) is 19.1 Å². The number of sulfonamides is 1. The third kappa shape index (κ3) is 2.69. The number of nitro groups is 1. The fraction of sp³-hybridized carbons (Fsp3) is 0.462. The summed E-state index contributed by atoms with van der Waals surface area (Å²) in [4.78, 5) is 22.1. The Hall–Kier alpha value is -2.04. The minimum absolute atomic E-state index is 0.0894. The van der Waals surface area contributed by atoms with E-state index in [-0.39, 0.29) is 17.1 Å². The van der Waals surface area contributed by atoms with Gasteiger partial charge in [-0.1, -0.05) is 0 Å². The molecule has 2 bridgehead atoms. The average Bonchev–Trinajstić information content (AvgIpc) is 2.76. The zero-order valence-corrected chi connectivity index (χ0v) is 13.0. The molecule has 0 unspecified atom stereocenters. The molecule has 1 N–H and O–H groups in total. The first-order chi connectivity index (χ1) is 10.8. The Morgan fingerprint density at radius 1 is 1.35 bits per heavy atom. The van der Waals surface area contributed by atoms with Crippen molar-refractivity contribution < 1.29 is 22.9 Å². The lowest BCUT2D eigenvalue weighted by molar-refractivity contribution is -0.384. The lowest BCUT2D eigenvalue weighted by atomic mass is 10.1. The Morgan fingerprint density at radius 3 is 2.57 bits per heavy atom. The highest BCUT2D eigenvalue weighted by Crippen LogP contribution is 2.28. The molecule has 3 atom stereocenters. The third-order valence-corrected chi connectivity index (χ3v) is 5.87. The number of hydrogen-bond acceptors (Lipinski definition) is 6. The van der Waals surface area contributed by atoms with Crippen LogP contribution in [0.3, 0.4) is 0 Å². The molecular weight excluding hydrogens is 326 g/mol. The molecular formula is C13H15N3O6S. The normalized spacial score (nSPS) is 28.2. The van der Waals surface area contributed by atoms with E-state index in [0.717, 1.165) is 16.4 Å². The van der Waals surface area contributed by atoms with E-state index in [1.807, 2.05) is 0 Å². The molecule has 3 aliphatic rings. The predicted octanol–water partition coefficient (Wildman–Crippen LogP) is 0.219. The summed E-state index contributed by atoms with van der Waals surface area (Å²) in [5.41, 5.74) is -0.199. The van der Waals surface area contributed by atoms with Crippen molar-refractivity contribution in [2.45, 2.75) is 36.6 Å². The number of nitrogens with one attached hydrogen (secondary N) is 1. The fourth-order valence-corrected chi connectivity index (χ4v) is 4.52. The standard InChI is InChI=1S/C13H15N3O6S/c1-8-12-13(17)14-11(22-8)6-7-15(12)23(20,21)10-4-2-9(3-5-10)16(18)19/h2-5,8,11-12H,6-7H2,1H3,(H,14,17)/t8-,11+,12+/m0/s1. The van der Waals surface area contributed by atoms with Crippen LogP contribution in [0.1, 0.15) is 13.3 Å². The van der Waals surface area contributed by atoms with Gasteiger partial charge in [0.2, 0.25) is 15.9 Å². The molecule has 23 heavy (non-hydrogen) atoms. The van der Waals surface area contributed by atoms with E-state index in [0.29, 0.717) is 6.42 Å². The molecule has 9 nitrogen and oxygen atoms in total. The Morgan fingerprint density at radius 2 is 2.00 bits per heavy atom. The Bertz CT molecular complexity index is 747. The largest absolute Gasteiger partial charge is 0.353 e. The van der Waals surface area contributed by atoms with E-state index >= 15 is 0 Å². The van der Waals surface area contributed by atoms with Crippen LogP contribution < -0.4 is 5.32 Å². The summed E-state index contributed by atoms with van der Waals surface area (Å²) in [5, 5.41) is 13.3. The number of nitro benzene ring substituents is 1. The number of non-ortho nitro benzene ring substituents is 1. The van der Waals surface area contributed by atoms with Crippen molar-refractivity contribution in [1.29, 1.82) is 0 Å². The molecule has 0 aliphatic carbocycles. The molecule has 0 radical (unpaired) electrons. The highest BCUT2D eigenvalue weighted by molar-refractivity contribution is 7.89. The van der Waals surface area contributed by atoms with Gasteiger partial charge < -0.3 is 10.1 Å². The van der Waals surface area contributed by atoms with Gasteiger partial charge in [0.15, 0.2) is 0 Å². The number of rotatable bonds is 3. The number of fused-ring (bicyclic) bond motifs is 4. The van der Waals surface area contributed by atoms with E-state index in [1.54, 1.807) is 6.92 Å². The van der Waals surface area contributed by atoms with Gasteiger partial charge in [-0.25, -0.2) is 8.42 Å². The molecule has 0 spiro atoms. The minimum atomic E-state index is -3.96. The monoisotopic (exact) mass is 341 g/mol. The number of hydrogen-bond donors (Lipinski definition) is 1. The van der Waals surface area contributed by atoms with Crippen LogP contribution >= 0.6 is 0 Å². The number of carbonyl (C=O) groups is 1. The van der Waals surface area contributed by atoms with Gasteiger partial charge in [0.05, 0.1) is 15.9 Å². The molecule has 124 valence electrons. The maximum Gasteiger partial charge on any atom is 0.269 e. The van der Waals surface area contributed by atoms with Crippen molar-refractivity contribution in [2.24, 2.45) is 0 Å². The van der Waals surface area contributed by atoms with Gasteiger partial charge >= 0.3 is 0 Å². The number of benzene rings is 1. The second-order valence-corrected chi connectivity index (χ2v) is 7.33. The molecule has 3 saturated heterocycles. The molecule has 0 aromatic heterocycles. The fourth-order valence-electron chi connectivity index (χ4n) is 2.86. The second kappa shape index (κ2) is 5.55. The summed E-state index contributed by atoms with van der Waals surface area (Å²) < 4.78 is 32.3. The quantitative estimate of drug-likeness (QED) is 0.620. The van der Waals surface area contributed by atoms with Crippen molar-refractivity contribution in [3.8, 4) is 0 Å². The van der Waals surface area contributed by atoms with Gasteiger partial charge in [0.25, 0.3) is 5.69 Å². The van der Waals surface area contributed by atoms with Crippen LogP contribution in [0.4, 0.5) is 5.69 Å². The molecule has 1 aromatic carbocycles.